The lowest BCUT2D eigenvalue weighted by atomic mass is 10.2. The van der Waals surface area contributed by atoms with Crippen molar-refractivity contribution in [3.8, 4) is 0 Å². The number of carbonyl (C=O) groups excluding carboxylic acids is 1. The third-order valence-electron chi connectivity index (χ3n) is 1.77. The molecule has 0 amide bonds. The molecule has 1 aromatic rings. The standard InChI is InChI=1S/C10H14N2O/c1-3-5-10(13)9-6-7-11-12(9)8-4-2/h3,6-7H,1,4-5,8H2,2H3. The predicted octanol–water partition coefficient (Wildman–Crippen LogP) is 2.05. The van der Waals surface area contributed by atoms with Gasteiger partial charge in [-0.2, -0.15) is 5.10 Å². The number of nitrogens with zero attached hydrogens (tertiary/aromatic N) is 2. The second kappa shape index (κ2) is 4.60. The zero-order chi connectivity index (χ0) is 9.68. The van der Waals surface area contributed by atoms with E-state index < -0.39 is 0 Å². The molecule has 0 atom stereocenters. The molecule has 1 rings (SSSR count). The summed E-state index contributed by atoms with van der Waals surface area (Å²) in [4.78, 5) is 11.5. The Morgan fingerprint density at radius 3 is 3.15 bits per heavy atom. The van der Waals surface area contributed by atoms with Crippen molar-refractivity contribution in [2.24, 2.45) is 0 Å². The molecule has 13 heavy (non-hydrogen) atoms. The van der Waals surface area contributed by atoms with Gasteiger partial charge >= 0.3 is 0 Å². The summed E-state index contributed by atoms with van der Waals surface area (Å²) in [5.41, 5.74) is 0.682. The maximum atomic E-state index is 11.5. The number of ketones is 1. The summed E-state index contributed by atoms with van der Waals surface area (Å²) < 4.78 is 1.74. The fourth-order valence-electron chi connectivity index (χ4n) is 1.20. The Balaban J connectivity index is 2.80. The lowest BCUT2D eigenvalue weighted by molar-refractivity contribution is 0.0985. The average molecular weight is 178 g/mol. The molecule has 0 saturated heterocycles. The van der Waals surface area contributed by atoms with Crippen molar-refractivity contribution in [1.29, 1.82) is 0 Å². The number of allylic oxidation sites excluding steroid dienone is 1. The maximum absolute atomic E-state index is 11.5. The quantitative estimate of drug-likeness (QED) is 0.511. The highest BCUT2D eigenvalue weighted by Gasteiger charge is 2.08. The van der Waals surface area contributed by atoms with E-state index >= 15 is 0 Å². The molecule has 0 saturated carbocycles. The summed E-state index contributed by atoms with van der Waals surface area (Å²) in [5, 5.41) is 4.07. The normalized spacial score (nSPS) is 9.92. The van der Waals surface area contributed by atoms with Crippen LogP contribution in [0.4, 0.5) is 0 Å². The summed E-state index contributed by atoms with van der Waals surface area (Å²) >= 11 is 0. The fourth-order valence-corrected chi connectivity index (χ4v) is 1.20. The van der Waals surface area contributed by atoms with E-state index in [9.17, 15) is 4.79 Å². The monoisotopic (exact) mass is 178 g/mol. The minimum atomic E-state index is 0.0842. The van der Waals surface area contributed by atoms with E-state index in [1.807, 2.05) is 0 Å². The minimum Gasteiger partial charge on any atom is -0.292 e. The van der Waals surface area contributed by atoms with E-state index in [0.717, 1.165) is 13.0 Å². The van der Waals surface area contributed by atoms with Crippen LogP contribution in [0.5, 0.6) is 0 Å². The van der Waals surface area contributed by atoms with Gasteiger partial charge in [0.25, 0.3) is 0 Å². The average Bonchev–Trinajstić information content (AvgIpc) is 2.54. The molecule has 0 bridgehead atoms. The first-order chi connectivity index (χ1) is 6.29. The SMILES string of the molecule is C=CCC(=O)c1ccnn1CCC. The van der Waals surface area contributed by atoms with Crippen LogP contribution in [-0.2, 0) is 6.54 Å². The smallest absolute Gasteiger partial charge is 0.184 e. The van der Waals surface area contributed by atoms with Gasteiger partial charge in [0, 0.05) is 19.2 Å². The molecule has 0 radical (unpaired) electrons. The van der Waals surface area contributed by atoms with Crippen molar-refractivity contribution in [3.63, 3.8) is 0 Å². The molecule has 1 aromatic heterocycles. The van der Waals surface area contributed by atoms with Crippen molar-refractivity contribution in [1.82, 2.24) is 9.78 Å². The van der Waals surface area contributed by atoms with Gasteiger partial charge in [-0.3, -0.25) is 9.48 Å². The summed E-state index contributed by atoms with van der Waals surface area (Å²) in [5.74, 6) is 0.0842. The van der Waals surface area contributed by atoms with E-state index in [-0.39, 0.29) is 5.78 Å². The highest BCUT2D eigenvalue weighted by Crippen LogP contribution is 2.04. The molecule has 3 heteroatoms. The molecular formula is C10H14N2O. The molecule has 0 aliphatic rings. The molecular weight excluding hydrogens is 164 g/mol. The maximum Gasteiger partial charge on any atom is 0.184 e. The van der Waals surface area contributed by atoms with Gasteiger partial charge in [-0.05, 0) is 12.5 Å². The summed E-state index contributed by atoms with van der Waals surface area (Å²) in [6, 6.07) is 1.75. The summed E-state index contributed by atoms with van der Waals surface area (Å²) in [6.45, 7) is 6.39. The molecule has 0 aliphatic carbocycles. The van der Waals surface area contributed by atoms with Crippen LogP contribution in [-0.4, -0.2) is 15.6 Å². The molecule has 0 fully saturated rings. The number of aromatic nitrogens is 2. The number of hydrogen-bond donors (Lipinski definition) is 0. The van der Waals surface area contributed by atoms with Crippen molar-refractivity contribution < 1.29 is 4.79 Å². The number of hydrogen-bond acceptors (Lipinski definition) is 2. The highest BCUT2D eigenvalue weighted by molar-refractivity contribution is 5.95. The molecule has 0 N–H and O–H groups in total. The molecule has 1 heterocycles. The fraction of sp³-hybridized carbons (Fsp3) is 0.400. The first kappa shape index (κ1) is 9.71. The van der Waals surface area contributed by atoms with Crippen LogP contribution >= 0.6 is 0 Å². The van der Waals surface area contributed by atoms with E-state index in [0.29, 0.717) is 12.1 Å². The van der Waals surface area contributed by atoms with Crippen LogP contribution in [0.15, 0.2) is 24.9 Å². The van der Waals surface area contributed by atoms with E-state index in [2.05, 4.69) is 18.6 Å². The molecule has 3 nitrogen and oxygen atoms in total. The van der Waals surface area contributed by atoms with Gasteiger partial charge < -0.3 is 0 Å². The second-order valence-electron chi connectivity index (χ2n) is 2.86. The van der Waals surface area contributed by atoms with Crippen LogP contribution in [0.3, 0.4) is 0 Å². The van der Waals surface area contributed by atoms with E-state index in [1.165, 1.54) is 0 Å². The number of carbonyl (C=O) groups is 1. The first-order valence-electron chi connectivity index (χ1n) is 4.45. The Morgan fingerprint density at radius 1 is 1.77 bits per heavy atom. The largest absolute Gasteiger partial charge is 0.292 e. The lowest BCUT2D eigenvalue weighted by Crippen LogP contribution is -2.09. The number of Topliss-reactive ketones (excluding diaryl/α,β-unsaturated/α-hetero) is 1. The molecule has 0 unspecified atom stereocenters. The van der Waals surface area contributed by atoms with Crippen LogP contribution in [0.25, 0.3) is 0 Å². The van der Waals surface area contributed by atoms with Gasteiger partial charge in [0.05, 0.1) is 0 Å². The topological polar surface area (TPSA) is 34.9 Å². The minimum absolute atomic E-state index is 0.0842. The molecule has 70 valence electrons. The van der Waals surface area contributed by atoms with E-state index in [1.54, 1.807) is 23.0 Å². The van der Waals surface area contributed by atoms with Crippen LogP contribution < -0.4 is 0 Å². The zero-order valence-corrected chi connectivity index (χ0v) is 7.86. The molecule has 0 aromatic carbocycles. The van der Waals surface area contributed by atoms with Crippen molar-refractivity contribution in [2.45, 2.75) is 26.3 Å². The summed E-state index contributed by atoms with van der Waals surface area (Å²) in [7, 11) is 0. The third kappa shape index (κ3) is 2.28. The predicted molar refractivity (Wildman–Crippen MR) is 51.7 cm³/mol. The van der Waals surface area contributed by atoms with Gasteiger partial charge in [0.1, 0.15) is 5.69 Å². The van der Waals surface area contributed by atoms with E-state index in [4.69, 9.17) is 0 Å². The van der Waals surface area contributed by atoms with Gasteiger partial charge in [-0.1, -0.05) is 13.0 Å². The van der Waals surface area contributed by atoms with Crippen LogP contribution in [0.2, 0.25) is 0 Å². The number of rotatable bonds is 5. The van der Waals surface area contributed by atoms with Gasteiger partial charge in [0.15, 0.2) is 5.78 Å². The Labute approximate surface area is 78.1 Å². The van der Waals surface area contributed by atoms with Crippen molar-refractivity contribution in [3.05, 3.63) is 30.6 Å². The van der Waals surface area contributed by atoms with Gasteiger partial charge in [-0.15, -0.1) is 6.58 Å². The first-order valence-corrected chi connectivity index (χ1v) is 4.45. The lowest BCUT2D eigenvalue weighted by Gasteiger charge is -2.02. The van der Waals surface area contributed by atoms with Crippen LogP contribution in [0, 0.1) is 0 Å². The second-order valence-corrected chi connectivity index (χ2v) is 2.86. The van der Waals surface area contributed by atoms with Crippen molar-refractivity contribution in [2.75, 3.05) is 0 Å². The van der Waals surface area contributed by atoms with Gasteiger partial charge in [-0.25, -0.2) is 0 Å². The highest BCUT2D eigenvalue weighted by atomic mass is 16.1. The Hall–Kier alpha value is -1.38. The number of aryl methyl sites for hydroxylation is 1. The Bertz CT molecular complexity index is 302. The summed E-state index contributed by atoms with van der Waals surface area (Å²) in [6.07, 6.45) is 4.64. The van der Waals surface area contributed by atoms with Crippen molar-refractivity contribution >= 4 is 5.78 Å². The third-order valence-corrected chi connectivity index (χ3v) is 1.77. The Kier molecular flexibility index (Phi) is 3.43. The Morgan fingerprint density at radius 2 is 2.54 bits per heavy atom. The zero-order valence-electron chi connectivity index (χ0n) is 7.86. The molecule has 0 aliphatic heterocycles. The van der Waals surface area contributed by atoms with Gasteiger partial charge in [0.2, 0.25) is 0 Å². The van der Waals surface area contributed by atoms with Crippen LogP contribution in [0.1, 0.15) is 30.3 Å². The molecule has 0 spiro atoms.